The van der Waals surface area contributed by atoms with Crippen LogP contribution in [0.2, 0.25) is 0 Å². The van der Waals surface area contributed by atoms with Crippen LogP contribution in [0.1, 0.15) is 28.1 Å². The number of furan rings is 1. The summed E-state index contributed by atoms with van der Waals surface area (Å²) in [7, 11) is 0. The molecule has 4 rings (SSSR count). The molecule has 0 unspecified atom stereocenters. The molecular weight excluding hydrogens is 309 g/mol. The zero-order chi connectivity index (χ0) is 16.8. The number of aryl methyl sites for hydroxylation is 2. The molecule has 2 aromatic carbocycles. The van der Waals surface area contributed by atoms with Crippen molar-refractivity contribution in [3.63, 3.8) is 0 Å². The second-order valence-electron chi connectivity index (χ2n) is 6.02. The Kier molecular flexibility index (Phi) is 3.30. The van der Waals surface area contributed by atoms with Gasteiger partial charge >= 0.3 is 5.97 Å². The van der Waals surface area contributed by atoms with Crippen molar-refractivity contribution in [2.24, 2.45) is 0 Å². The van der Waals surface area contributed by atoms with E-state index in [0.717, 1.165) is 18.5 Å². The highest BCUT2D eigenvalue weighted by Crippen LogP contribution is 2.38. The molecule has 24 heavy (non-hydrogen) atoms. The van der Waals surface area contributed by atoms with Crippen LogP contribution in [0.15, 0.2) is 40.8 Å². The van der Waals surface area contributed by atoms with E-state index in [-0.39, 0.29) is 16.9 Å². The molecule has 5 heteroatoms. The van der Waals surface area contributed by atoms with Crippen LogP contribution in [0.25, 0.3) is 11.0 Å². The van der Waals surface area contributed by atoms with Crippen LogP contribution in [0, 0.1) is 12.7 Å². The molecule has 0 aliphatic carbocycles. The van der Waals surface area contributed by atoms with Gasteiger partial charge in [0.25, 0.3) is 0 Å². The van der Waals surface area contributed by atoms with Gasteiger partial charge in [0.1, 0.15) is 16.9 Å². The fraction of sp³-hybridized carbons (Fsp3) is 0.211. The summed E-state index contributed by atoms with van der Waals surface area (Å²) in [6.45, 7) is 2.27. The minimum atomic E-state index is -1.07. The monoisotopic (exact) mass is 325 g/mol. The Morgan fingerprint density at radius 3 is 2.83 bits per heavy atom. The van der Waals surface area contributed by atoms with Crippen LogP contribution in [0.3, 0.4) is 0 Å². The standard InChI is InChI=1S/C19H16FNO3/c1-11-18(19(22)23)13-9-16(14(20)10-17(13)24-11)21-8-4-6-12-5-2-3-7-15(12)21/h2-3,5,7,9-10H,4,6,8H2,1H3,(H,22,23). The Balaban J connectivity index is 1.93. The zero-order valence-electron chi connectivity index (χ0n) is 13.2. The first-order valence-corrected chi connectivity index (χ1v) is 7.87. The number of halogens is 1. The van der Waals surface area contributed by atoms with E-state index in [1.165, 1.54) is 11.6 Å². The van der Waals surface area contributed by atoms with Crippen LogP contribution in [-0.2, 0) is 6.42 Å². The average Bonchev–Trinajstić information content (AvgIpc) is 2.88. The van der Waals surface area contributed by atoms with E-state index >= 15 is 0 Å². The van der Waals surface area contributed by atoms with Gasteiger partial charge in [-0.25, -0.2) is 9.18 Å². The lowest BCUT2D eigenvalue weighted by atomic mass is 10.0. The third-order valence-electron chi connectivity index (χ3n) is 4.55. The molecule has 0 saturated heterocycles. The molecule has 3 aromatic rings. The van der Waals surface area contributed by atoms with Gasteiger partial charge in [0, 0.05) is 23.7 Å². The van der Waals surface area contributed by atoms with Gasteiger partial charge in [-0.05, 0) is 37.5 Å². The summed E-state index contributed by atoms with van der Waals surface area (Å²) in [5.41, 5.74) is 2.88. The van der Waals surface area contributed by atoms with Gasteiger partial charge in [-0.3, -0.25) is 0 Å². The van der Waals surface area contributed by atoms with E-state index in [1.807, 2.05) is 29.2 Å². The molecule has 0 radical (unpaired) electrons. The van der Waals surface area contributed by atoms with Crippen molar-refractivity contribution >= 4 is 28.3 Å². The van der Waals surface area contributed by atoms with Crippen molar-refractivity contribution in [1.82, 2.24) is 0 Å². The van der Waals surface area contributed by atoms with Crippen molar-refractivity contribution in [3.8, 4) is 0 Å². The number of hydrogen-bond donors (Lipinski definition) is 1. The number of carboxylic acids is 1. The molecule has 0 fully saturated rings. The molecule has 1 N–H and O–H groups in total. The third-order valence-corrected chi connectivity index (χ3v) is 4.55. The number of fused-ring (bicyclic) bond motifs is 2. The number of hydrogen-bond acceptors (Lipinski definition) is 3. The predicted octanol–water partition coefficient (Wildman–Crippen LogP) is 4.66. The van der Waals surface area contributed by atoms with Gasteiger partial charge in [-0.1, -0.05) is 18.2 Å². The molecule has 2 heterocycles. The average molecular weight is 325 g/mol. The Hall–Kier alpha value is -2.82. The number of nitrogens with zero attached hydrogens (tertiary/aromatic N) is 1. The maximum atomic E-state index is 14.7. The fourth-order valence-electron chi connectivity index (χ4n) is 3.49. The van der Waals surface area contributed by atoms with Crippen LogP contribution in [0.5, 0.6) is 0 Å². The number of para-hydroxylation sites is 1. The second kappa shape index (κ2) is 5.37. The van der Waals surface area contributed by atoms with Crippen molar-refractivity contribution in [1.29, 1.82) is 0 Å². The van der Waals surface area contributed by atoms with Gasteiger partial charge in [0.05, 0.1) is 5.69 Å². The summed E-state index contributed by atoms with van der Waals surface area (Å²) in [6.07, 6.45) is 1.88. The molecular formula is C19H16FNO3. The minimum absolute atomic E-state index is 0.0940. The van der Waals surface area contributed by atoms with Crippen LogP contribution in [0.4, 0.5) is 15.8 Å². The molecule has 1 aliphatic rings. The maximum absolute atomic E-state index is 14.7. The minimum Gasteiger partial charge on any atom is -0.478 e. The van der Waals surface area contributed by atoms with Crippen molar-refractivity contribution in [3.05, 3.63) is 59.1 Å². The van der Waals surface area contributed by atoms with Gasteiger partial charge in [0.2, 0.25) is 0 Å². The largest absolute Gasteiger partial charge is 0.478 e. The highest BCUT2D eigenvalue weighted by Gasteiger charge is 2.24. The second-order valence-corrected chi connectivity index (χ2v) is 6.02. The molecule has 0 atom stereocenters. The Morgan fingerprint density at radius 2 is 2.04 bits per heavy atom. The number of benzene rings is 2. The zero-order valence-corrected chi connectivity index (χ0v) is 13.2. The third kappa shape index (κ3) is 2.16. The van der Waals surface area contributed by atoms with Gasteiger partial charge < -0.3 is 14.4 Å². The number of carbonyl (C=O) groups is 1. The SMILES string of the molecule is Cc1oc2cc(F)c(N3CCCc4ccccc43)cc2c1C(=O)O. The molecule has 1 aromatic heterocycles. The maximum Gasteiger partial charge on any atom is 0.339 e. The van der Waals surface area contributed by atoms with Gasteiger partial charge in [-0.15, -0.1) is 0 Å². The normalized spacial score (nSPS) is 14.0. The lowest BCUT2D eigenvalue weighted by Gasteiger charge is -2.31. The smallest absolute Gasteiger partial charge is 0.339 e. The van der Waals surface area contributed by atoms with Crippen molar-refractivity contribution < 1.29 is 18.7 Å². The summed E-state index contributed by atoms with van der Waals surface area (Å²) in [4.78, 5) is 13.4. The summed E-state index contributed by atoms with van der Waals surface area (Å²) in [5, 5.41) is 9.84. The molecule has 1 aliphatic heterocycles. The number of anilines is 2. The Morgan fingerprint density at radius 1 is 1.25 bits per heavy atom. The topological polar surface area (TPSA) is 53.7 Å². The first kappa shape index (κ1) is 14.8. The van der Waals surface area contributed by atoms with E-state index in [4.69, 9.17) is 4.42 Å². The van der Waals surface area contributed by atoms with E-state index in [1.54, 1.807) is 13.0 Å². The summed E-state index contributed by atoms with van der Waals surface area (Å²) >= 11 is 0. The molecule has 0 spiro atoms. The first-order valence-electron chi connectivity index (χ1n) is 7.87. The Labute approximate surface area is 138 Å². The van der Waals surface area contributed by atoms with E-state index in [9.17, 15) is 14.3 Å². The highest BCUT2D eigenvalue weighted by atomic mass is 19.1. The van der Waals surface area contributed by atoms with Crippen molar-refractivity contribution in [2.45, 2.75) is 19.8 Å². The predicted molar refractivity (Wildman–Crippen MR) is 89.6 cm³/mol. The number of rotatable bonds is 2. The van der Waals surface area contributed by atoms with Crippen LogP contribution < -0.4 is 4.90 Å². The quantitative estimate of drug-likeness (QED) is 0.744. The van der Waals surface area contributed by atoms with Crippen molar-refractivity contribution in [2.75, 3.05) is 11.4 Å². The summed E-state index contributed by atoms with van der Waals surface area (Å²) in [5.74, 6) is -1.19. The summed E-state index contributed by atoms with van der Waals surface area (Å²) < 4.78 is 20.1. The van der Waals surface area contributed by atoms with Gasteiger partial charge in [0.15, 0.2) is 5.82 Å². The number of aromatic carboxylic acids is 1. The molecule has 4 nitrogen and oxygen atoms in total. The van der Waals surface area contributed by atoms with Crippen LogP contribution in [-0.4, -0.2) is 17.6 Å². The van der Waals surface area contributed by atoms with E-state index < -0.39 is 11.8 Å². The lowest BCUT2D eigenvalue weighted by molar-refractivity contribution is 0.0697. The van der Waals surface area contributed by atoms with E-state index in [2.05, 4.69) is 0 Å². The molecule has 0 bridgehead atoms. The van der Waals surface area contributed by atoms with E-state index in [0.29, 0.717) is 17.6 Å². The number of carboxylic acid groups (broad SMARTS) is 1. The highest BCUT2D eigenvalue weighted by molar-refractivity contribution is 6.04. The summed E-state index contributed by atoms with van der Waals surface area (Å²) in [6, 6.07) is 10.8. The molecule has 0 saturated carbocycles. The lowest BCUT2D eigenvalue weighted by Crippen LogP contribution is -2.25. The van der Waals surface area contributed by atoms with Gasteiger partial charge in [-0.2, -0.15) is 0 Å². The molecule has 122 valence electrons. The molecule has 0 amide bonds. The first-order chi connectivity index (χ1) is 11.6. The fourth-order valence-corrected chi connectivity index (χ4v) is 3.49. The Bertz CT molecular complexity index is 961. The van der Waals surface area contributed by atoms with Crippen LogP contribution >= 0.6 is 0 Å².